The second kappa shape index (κ2) is 6.35. The Morgan fingerprint density at radius 2 is 2.38 bits per heavy atom. The van der Waals surface area contributed by atoms with Gasteiger partial charge in [-0.3, -0.25) is 15.0 Å². The van der Waals surface area contributed by atoms with E-state index in [1.807, 2.05) is 12.3 Å². The molecule has 1 fully saturated rings. The average molecular weight is 286 g/mol. The smallest absolute Gasteiger partial charge is 0.106 e. The molecule has 3 heterocycles. The largest absolute Gasteiger partial charge is 0.378 e. The fraction of sp³-hybridized carbons (Fsp3) is 0.562. The topological polar surface area (TPSA) is 50.6 Å². The molecule has 3 atom stereocenters. The van der Waals surface area contributed by atoms with Crippen molar-refractivity contribution in [3.05, 3.63) is 36.9 Å². The maximum absolute atomic E-state index is 5.67. The molecule has 0 radical (unpaired) electrons. The molecular formula is C16H22N4O. The Hall–Kier alpha value is -1.75. The van der Waals surface area contributed by atoms with Gasteiger partial charge in [0, 0.05) is 44.2 Å². The van der Waals surface area contributed by atoms with E-state index >= 15 is 0 Å². The van der Waals surface area contributed by atoms with E-state index in [1.54, 1.807) is 12.4 Å². The third-order valence-electron chi connectivity index (χ3n) is 4.16. The molecule has 2 aliphatic heterocycles. The van der Waals surface area contributed by atoms with Gasteiger partial charge in [-0.2, -0.15) is 0 Å². The zero-order valence-electron chi connectivity index (χ0n) is 12.5. The van der Waals surface area contributed by atoms with Crippen LogP contribution in [-0.4, -0.2) is 52.0 Å². The lowest BCUT2D eigenvalue weighted by Crippen LogP contribution is -2.44. The molecule has 0 amide bonds. The van der Waals surface area contributed by atoms with Crippen LogP contribution in [0, 0.1) is 0 Å². The van der Waals surface area contributed by atoms with Gasteiger partial charge in [0.05, 0.1) is 17.8 Å². The molecule has 0 saturated carbocycles. The molecule has 0 spiro atoms. The SMILES string of the molecule is C=CC1CN(C2CCO[C@H](C)C2)C(Cc2cnccn2)=N1. The molecule has 1 saturated heterocycles. The van der Waals surface area contributed by atoms with Crippen LogP contribution in [0.2, 0.25) is 0 Å². The summed E-state index contributed by atoms with van der Waals surface area (Å²) < 4.78 is 5.67. The van der Waals surface area contributed by atoms with Crippen LogP contribution >= 0.6 is 0 Å². The number of amidine groups is 1. The van der Waals surface area contributed by atoms with Crippen LogP contribution in [0.1, 0.15) is 25.5 Å². The monoisotopic (exact) mass is 286 g/mol. The van der Waals surface area contributed by atoms with Crippen LogP contribution in [-0.2, 0) is 11.2 Å². The predicted octanol–water partition coefficient (Wildman–Crippen LogP) is 1.86. The fourth-order valence-electron chi connectivity index (χ4n) is 3.09. The van der Waals surface area contributed by atoms with E-state index in [0.717, 1.165) is 43.9 Å². The van der Waals surface area contributed by atoms with Gasteiger partial charge >= 0.3 is 0 Å². The molecule has 0 bridgehead atoms. The first-order chi connectivity index (χ1) is 10.3. The zero-order chi connectivity index (χ0) is 14.7. The number of rotatable bonds is 4. The van der Waals surface area contributed by atoms with Gasteiger partial charge in [0.2, 0.25) is 0 Å². The summed E-state index contributed by atoms with van der Waals surface area (Å²) in [6.07, 6.45) is 10.4. The highest BCUT2D eigenvalue weighted by Gasteiger charge is 2.32. The number of hydrogen-bond donors (Lipinski definition) is 0. The maximum atomic E-state index is 5.67. The lowest BCUT2D eigenvalue weighted by atomic mass is 10.0. The molecule has 3 rings (SSSR count). The van der Waals surface area contributed by atoms with E-state index in [9.17, 15) is 0 Å². The van der Waals surface area contributed by atoms with E-state index < -0.39 is 0 Å². The number of aliphatic imine (C=N–C) groups is 1. The summed E-state index contributed by atoms with van der Waals surface area (Å²) in [5, 5.41) is 0. The first kappa shape index (κ1) is 14.2. The van der Waals surface area contributed by atoms with Gasteiger partial charge in [-0.15, -0.1) is 6.58 Å². The third kappa shape index (κ3) is 3.29. The van der Waals surface area contributed by atoms with Gasteiger partial charge in [-0.1, -0.05) is 6.08 Å². The summed E-state index contributed by atoms with van der Waals surface area (Å²) in [5.41, 5.74) is 0.964. The molecule has 21 heavy (non-hydrogen) atoms. The standard InChI is InChI=1S/C16H22N4O/c1-3-13-11-20(15-4-7-21-12(2)8-15)16(19-13)9-14-10-17-5-6-18-14/h3,5-6,10,12-13,15H,1,4,7-9,11H2,2H3/t12-,13?,15?/m1/s1. The Balaban J connectivity index is 1.75. The first-order valence-corrected chi connectivity index (χ1v) is 7.58. The highest BCUT2D eigenvalue weighted by molar-refractivity contribution is 5.86. The first-order valence-electron chi connectivity index (χ1n) is 7.58. The van der Waals surface area contributed by atoms with Crippen molar-refractivity contribution in [2.45, 2.75) is 44.4 Å². The van der Waals surface area contributed by atoms with Gasteiger partial charge < -0.3 is 9.64 Å². The van der Waals surface area contributed by atoms with Crippen molar-refractivity contribution in [2.24, 2.45) is 4.99 Å². The summed E-state index contributed by atoms with van der Waals surface area (Å²) in [6, 6.07) is 0.698. The van der Waals surface area contributed by atoms with E-state index in [-0.39, 0.29) is 6.04 Å². The van der Waals surface area contributed by atoms with Gasteiger partial charge in [-0.25, -0.2) is 0 Å². The van der Waals surface area contributed by atoms with Crippen molar-refractivity contribution >= 4 is 5.84 Å². The summed E-state index contributed by atoms with van der Waals surface area (Å²) in [4.78, 5) is 15.7. The van der Waals surface area contributed by atoms with Crippen molar-refractivity contribution in [1.82, 2.24) is 14.9 Å². The summed E-state index contributed by atoms with van der Waals surface area (Å²) in [7, 11) is 0. The molecule has 5 nitrogen and oxygen atoms in total. The Bertz CT molecular complexity index is 516. The predicted molar refractivity (Wildman–Crippen MR) is 82.3 cm³/mol. The summed E-state index contributed by atoms with van der Waals surface area (Å²) >= 11 is 0. The minimum atomic E-state index is 0.190. The van der Waals surface area contributed by atoms with Crippen LogP contribution in [0.3, 0.4) is 0 Å². The van der Waals surface area contributed by atoms with Crippen molar-refractivity contribution < 1.29 is 4.74 Å². The Labute approximate surface area is 125 Å². The van der Waals surface area contributed by atoms with E-state index in [2.05, 4.69) is 28.4 Å². The zero-order valence-corrected chi connectivity index (χ0v) is 12.5. The molecule has 5 heteroatoms. The third-order valence-corrected chi connectivity index (χ3v) is 4.16. The molecule has 0 aromatic carbocycles. The fourth-order valence-corrected chi connectivity index (χ4v) is 3.09. The summed E-state index contributed by atoms with van der Waals surface area (Å²) in [6.45, 7) is 7.80. The van der Waals surface area contributed by atoms with Gasteiger partial charge in [0.15, 0.2) is 0 Å². The molecule has 1 aromatic heterocycles. The number of hydrogen-bond acceptors (Lipinski definition) is 5. The minimum Gasteiger partial charge on any atom is -0.378 e. The molecule has 2 unspecified atom stereocenters. The second-order valence-corrected chi connectivity index (χ2v) is 5.73. The minimum absolute atomic E-state index is 0.190. The highest BCUT2D eigenvalue weighted by Crippen LogP contribution is 2.24. The van der Waals surface area contributed by atoms with Gasteiger partial charge in [-0.05, 0) is 19.8 Å². The average Bonchev–Trinajstić information content (AvgIpc) is 2.91. The Morgan fingerprint density at radius 3 is 3.10 bits per heavy atom. The van der Waals surface area contributed by atoms with E-state index in [0.29, 0.717) is 12.1 Å². The quantitative estimate of drug-likeness (QED) is 0.793. The van der Waals surface area contributed by atoms with Crippen LogP contribution in [0.5, 0.6) is 0 Å². The normalized spacial score (nSPS) is 29.3. The lowest BCUT2D eigenvalue weighted by molar-refractivity contribution is -0.00242. The van der Waals surface area contributed by atoms with E-state index in [4.69, 9.17) is 9.73 Å². The van der Waals surface area contributed by atoms with Gasteiger partial charge in [0.1, 0.15) is 5.84 Å². The Morgan fingerprint density at radius 1 is 1.48 bits per heavy atom. The Kier molecular flexibility index (Phi) is 4.29. The van der Waals surface area contributed by atoms with Crippen molar-refractivity contribution in [3.8, 4) is 0 Å². The number of ether oxygens (including phenoxy) is 1. The highest BCUT2D eigenvalue weighted by atomic mass is 16.5. The second-order valence-electron chi connectivity index (χ2n) is 5.73. The number of nitrogens with zero attached hydrogens (tertiary/aromatic N) is 4. The number of aromatic nitrogens is 2. The maximum Gasteiger partial charge on any atom is 0.106 e. The molecule has 0 N–H and O–H groups in total. The van der Waals surface area contributed by atoms with Crippen molar-refractivity contribution in [3.63, 3.8) is 0 Å². The van der Waals surface area contributed by atoms with Crippen molar-refractivity contribution in [1.29, 1.82) is 0 Å². The van der Waals surface area contributed by atoms with Crippen LogP contribution < -0.4 is 0 Å². The van der Waals surface area contributed by atoms with E-state index in [1.165, 1.54) is 0 Å². The van der Waals surface area contributed by atoms with Crippen LogP contribution in [0.25, 0.3) is 0 Å². The van der Waals surface area contributed by atoms with Crippen LogP contribution in [0.4, 0.5) is 0 Å². The molecule has 1 aromatic rings. The summed E-state index contributed by atoms with van der Waals surface area (Å²) in [5.74, 6) is 1.11. The lowest BCUT2D eigenvalue weighted by Gasteiger charge is -2.36. The molecular weight excluding hydrogens is 264 g/mol. The molecule has 112 valence electrons. The molecule has 2 aliphatic rings. The van der Waals surface area contributed by atoms with Crippen molar-refractivity contribution in [2.75, 3.05) is 13.2 Å². The van der Waals surface area contributed by atoms with Gasteiger partial charge in [0.25, 0.3) is 0 Å². The molecule has 0 aliphatic carbocycles. The van der Waals surface area contributed by atoms with Crippen LogP contribution in [0.15, 0.2) is 36.2 Å².